The van der Waals surface area contributed by atoms with E-state index in [0.717, 1.165) is 11.6 Å². The Labute approximate surface area is 120 Å². The van der Waals surface area contributed by atoms with Gasteiger partial charge in [0.15, 0.2) is 11.6 Å². The summed E-state index contributed by atoms with van der Waals surface area (Å²) in [7, 11) is 0. The molecule has 2 aromatic carbocycles. The Morgan fingerprint density at radius 2 is 1.86 bits per heavy atom. The molecule has 0 saturated heterocycles. The highest BCUT2D eigenvalue weighted by Crippen LogP contribution is 2.25. The van der Waals surface area contributed by atoms with Crippen LogP contribution in [-0.4, -0.2) is 11.0 Å². The second-order valence-corrected chi connectivity index (χ2v) is 4.50. The van der Waals surface area contributed by atoms with Crippen molar-refractivity contribution < 1.29 is 14.0 Å². The molecule has 2 aromatic rings. The van der Waals surface area contributed by atoms with Gasteiger partial charge in [-0.05, 0) is 17.7 Å². The molecule has 0 saturated carbocycles. The lowest BCUT2D eigenvalue weighted by atomic mass is 10.0. The Morgan fingerprint density at radius 3 is 2.52 bits per heavy atom. The Kier molecular flexibility index (Phi) is 4.71. The van der Waals surface area contributed by atoms with Gasteiger partial charge < -0.3 is 16.3 Å². The van der Waals surface area contributed by atoms with Crippen LogP contribution < -0.4 is 11.1 Å². The predicted octanol–water partition coefficient (Wildman–Crippen LogP) is 3.25. The van der Waals surface area contributed by atoms with Gasteiger partial charge in [0.1, 0.15) is 5.84 Å². The fourth-order valence-electron chi connectivity index (χ4n) is 1.99. The fourth-order valence-corrected chi connectivity index (χ4v) is 1.99. The first-order valence-corrected chi connectivity index (χ1v) is 6.33. The summed E-state index contributed by atoms with van der Waals surface area (Å²) in [6.45, 7) is 0. The van der Waals surface area contributed by atoms with Crippen LogP contribution in [0.2, 0.25) is 0 Å². The van der Waals surface area contributed by atoms with Crippen LogP contribution in [0.25, 0.3) is 0 Å². The Balaban J connectivity index is 2.30. The molecule has 1 unspecified atom stereocenters. The van der Waals surface area contributed by atoms with Gasteiger partial charge in [0.05, 0.1) is 11.7 Å². The summed E-state index contributed by atoms with van der Waals surface area (Å²) in [5.74, 6) is -1.90. The highest BCUT2D eigenvalue weighted by Gasteiger charge is 2.16. The van der Waals surface area contributed by atoms with Gasteiger partial charge >= 0.3 is 0 Å². The molecule has 21 heavy (non-hydrogen) atoms. The van der Waals surface area contributed by atoms with Gasteiger partial charge in [-0.3, -0.25) is 0 Å². The normalized spacial score (nSPS) is 13.0. The lowest BCUT2D eigenvalue weighted by Crippen LogP contribution is -2.21. The second-order valence-electron chi connectivity index (χ2n) is 4.50. The van der Waals surface area contributed by atoms with Crippen molar-refractivity contribution >= 4 is 11.5 Å². The number of amidine groups is 1. The maximum atomic E-state index is 13.7. The summed E-state index contributed by atoms with van der Waals surface area (Å²) in [5, 5.41) is 14.5. The maximum absolute atomic E-state index is 13.7. The lowest BCUT2D eigenvalue weighted by Gasteiger charge is -2.20. The number of hydrogen-bond donors (Lipinski definition) is 3. The van der Waals surface area contributed by atoms with Crippen molar-refractivity contribution in [3.8, 4) is 0 Å². The summed E-state index contributed by atoms with van der Waals surface area (Å²) >= 11 is 0. The third-order valence-electron chi connectivity index (χ3n) is 3.02. The smallest absolute Gasteiger partial charge is 0.181 e. The summed E-state index contributed by atoms with van der Waals surface area (Å²) in [6.07, 6.45) is 0.149. The monoisotopic (exact) mass is 291 g/mol. The van der Waals surface area contributed by atoms with E-state index in [9.17, 15) is 8.78 Å². The van der Waals surface area contributed by atoms with Crippen molar-refractivity contribution in [3.05, 3.63) is 65.7 Å². The van der Waals surface area contributed by atoms with Gasteiger partial charge in [0.25, 0.3) is 0 Å². The van der Waals surface area contributed by atoms with Crippen molar-refractivity contribution in [2.45, 2.75) is 12.5 Å². The summed E-state index contributed by atoms with van der Waals surface area (Å²) in [4.78, 5) is 0. The van der Waals surface area contributed by atoms with Gasteiger partial charge in [-0.25, -0.2) is 8.78 Å². The number of nitrogens with zero attached hydrogens (tertiary/aromatic N) is 1. The molecular formula is C15H15F2N3O. The molecule has 0 aliphatic heterocycles. The Bertz CT molecular complexity index is 632. The third-order valence-corrected chi connectivity index (χ3v) is 3.02. The molecular weight excluding hydrogens is 276 g/mol. The minimum Gasteiger partial charge on any atom is -0.409 e. The van der Waals surface area contributed by atoms with E-state index < -0.39 is 17.7 Å². The zero-order chi connectivity index (χ0) is 15.2. The zero-order valence-electron chi connectivity index (χ0n) is 11.1. The first kappa shape index (κ1) is 14.8. The Hall–Kier alpha value is -2.63. The van der Waals surface area contributed by atoms with Crippen LogP contribution in [0.5, 0.6) is 0 Å². The molecule has 0 radical (unpaired) electrons. The number of rotatable bonds is 5. The van der Waals surface area contributed by atoms with Crippen LogP contribution >= 0.6 is 0 Å². The average Bonchev–Trinajstić information content (AvgIpc) is 2.51. The van der Waals surface area contributed by atoms with E-state index in [1.807, 2.05) is 30.3 Å². The quantitative estimate of drug-likeness (QED) is 0.343. The molecule has 0 aliphatic carbocycles. The van der Waals surface area contributed by atoms with Crippen molar-refractivity contribution in [2.75, 3.05) is 5.32 Å². The molecule has 0 spiro atoms. The van der Waals surface area contributed by atoms with Crippen LogP contribution in [0, 0.1) is 11.6 Å². The van der Waals surface area contributed by atoms with Gasteiger partial charge in [-0.15, -0.1) is 0 Å². The number of benzene rings is 2. The van der Waals surface area contributed by atoms with E-state index in [0.29, 0.717) is 0 Å². The highest BCUT2D eigenvalue weighted by molar-refractivity contribution is 5.80. The number of nitrogens with one attached hydrogen (secondary N) is 1. The standard InChI is InChI=1S/C15H15F2N3O/c16-11-7-4-8-12(15(11)17)19-13(9-14(18)20-21)10-5-2-1-3-6-10/h1-8,13,19,21H,9H2,(H2,18,20). The van der Waals surface area contributed by atoms with E-state index in [-0.39, 0.29) is 17.9 Å². The largest absolute Gasteiger partial charge is 0.409 e. The molecule has 0 aromatic heterocycles. The van der Waals surface area contributed by atoms with Crippen molar-refractivity contribution in [3.63, 3.8) is 0 Å². The second kappa shape index (κ2) is 6.69. The Morgan fingerprint density at radius 1 is 1.14 bits per heavy atom. The van der Waals surface area contributed by atoms with E-state index in [1.165, 1.54) is 12.1 Å². The first-order valence-electron chi connectivity index (χ1n) is 6.33. The van der Waals surface area contributed by atoms with Crippen LogP contribution in [0.3, 0.4) is 0 Å². The minimum absolute atomic E-state index is 0.00633. The predicted molar refractivity (Wildman–Crippen MR) is 77.2 cm³/mol. The minimum atomic E-state index is -0.960. The van der Waals surface area contributed by atoms with Gasteiger partial charge in [0.2, 0.25) is 0 Å². The first-order chi connectivity index (χ1) is 10.1. The van der Waals surface area contributed by atoms with E-state index in [1.54, 1.807) is 0 Å². The summed E-state index contributed by atoms with van der Waals surface area (Å²) < 4.78 is 27.0. The summed E-state index contributed by atoms with van der Waals surface area (Å²) in [5.41, 5.74) is 6.36. The molecule has 0 aliphatic rings. The number of nitrogens with two attached hydrogens (primary N) is 1. The maximum Gasteiger partial charge on any atom is 0.181 e. The fraction of sp³-hybridized carbons (Fsp3) is 0.133. The van der Waals surface area contributed by atoms with Gasteiger partial charge in [-0.2, -0.15) is 0 Å². The number of oxime groups is 1. The van der Waals surface area contributed by atoms with Gasteiger partial charge in [0, 0.05) is 6.42 Å². The van der Waals surface area contributed by atoms with Crippen molar-refractivity contribution in [2.24, 2.45) is 10.9 Å². The zero-order valence-corrected chi connectivity index (χ0v) is 11.1. The summed E-state index contributed by atoms with van der Waals surface area (Å²) in [6, 6.07) is 12.6. The van der Waals surface area contributed by atoms with Crippen LogP contribution in [-0.2, 0) is 0 Å². The van der Waals surface area contributed by atoms with E-state index in [4.69, 9.17) is 10.9 Å². The van der Waals surface area contributed by atoms with Crippen molar-refractivity contribution in [1.29, 1.82) is 0 Å². The number of halogens is 2. The van der Waals surface area contributed by atoms with Crippen LogP contribution in [0.4, 0.5) is 14.5 Å². The number of anilines is 1. The lowest BCUT2D eigenvalue weighted by molar-refractivity contribution is 0.316. The molecule has 110 valence electrons. The SMILES string of the molecule is NC(CC(Nc1cccc(F)c1F)c1ccccc1)=NO. The molecule has 1 atom stereocenters. The molecule has 4 N–H and O–H groups in total. The van der Waals surface area contributed by atoms with Crippen LogP contribution in [0.1, 0.15) is 18.0 Å². The molecule has 2 rings (SSSR count). The average molecular weight is 291 g/mol. The molecule has 4 nitrogen and oxygen atoms in total. The van der Waals surface area contributed by atoms with Gasteiger partial charge in [-0.1, -0.05) is 41.6 Å². The third kappa shape index (κ3) is 3.68. The molecule has 0 fully saturated rings. The van der Waals surface area contributed by atoms with Crippen LogP contribution in [0.15, 0.2) is 53.7 Å². The highest BCUT2D eigenvalue weighted by atomic mass is 19.2. The topological polar surface area (TPSA) is 70.6 Å². The number of hydrogen-bond acceptors (Lipinski definition) is 3. The van der Waals surface area contributed by atoms with E-state index in [2.05, 4.69) is 10.5 Å². The van der Waals surface area contributed by atoms with E-state index >= 15 is 0 Å². The molecule has 6 heteroatoms. The van der Waals surface area contributed by atoms with Crippen molar-refractivity contribution in [1.82, 2.24) is 0 Å². The molecule has 0 heterocycles. The molecule has 0 bridgehead atoms. The molecule has 0 amide bonds.